The molecule has 2 unspecified atom stereocenters. The molecule has 110 valence electrons. The highest BCUT2D eigenvalue weighted by molar-refractivity contribution is 9.09. The second-order valence-electron chi connectivity index (χ2n) is 6.48. The standard InChI is InChI=1S/C16H22BrNO2/c1-16(2)10-4-3-5-14(16)15(17)11-12-6-8-13(9-7-12)18(19)20/h6-9,14-15H,3-5,10-11H2,1-2H3. The number of alkyl halides is 1. The number of hydrogen-bond donors (Lipinski definition) is 0. The Morgan fingerprint density at radius 3 is 2.55 bits per heavy atom. The minimum Gasteiger partial charge on any atom is -0.258 e. The van der Waals surface area contributed by atoms with Gasteiger partial charge < -0.3 is 0 Å². The lowest BCUT2D eigenvalue weighted by Crippen LogP contribution is -2.35. The van der Waals surface area contributed by atoms with Crippen LogP contribution in [0.4, 0.5) is 5.69 Å². The molecule has 0 spiro atoms. The Labute approximate surface area is 129 Å². The van der Waals surface area contributed by atoms with Gasteiger partial charge in [0.05, 0.1) is 4.92 Å². The van der Waals surface area contributed by atoms with Gasteiger partial charge in [0.1, 0.15) is 0 Å². The first-order chi connectivity index (χ1) is 9.40. The van der Waals surface area contributed by atoms with Crippen molar-refractivity contribution in [2.24, 2.45) is 11.3 Å². The molecule has 3 nitrogen and oxygen atoms in total. The van der Waals surface area contributed by atoms with Crippen molar-refractivity contribution < 1.29 is 4.92 Å². The molecule has 0 bridgehead atoms. The van der Waals surface area contributed by atoms with Crippen LogP contribution in [0.25, 0.3) is 0 Å². The van der Waals surface area contributed by atoms with Crippen molar-refractivity contribution in [2.45, 2.75) is 50.8 Å². The number of hydrogen-bond acceptors (Lipinski definition) is 2. The molecule has 0 aromatic heterocycles. The van der Waals surface area contributed by atoms with Gasteiger partial charge in [-0.3, -0.25) is 10.1 Å². The van der Waals surface area contributed by atoms with Gasteiger partial charge in [-0.05, 0) is 36.2 Å². The van der Waals surface area contributed by atoms with Gasteiger partial charge in [-0.15, -0.1) is 0 Å². The van der Waals surface area contributed by atoms with Gasteiger partial charge >= 0.3 is 0 Å². The topological polar surface area (TPSA) is 43.1 Å². The lowest BCUT2D eigenvalue weighted by molar-refractivity contribution is -0.384. The summed E-state index contributed by atoms with van der Waals surface area (Å²) in [6.45, 7) is 4.72. The quantitative estimate of drug-likeness (QED) is 0.434. The van der Waals surface area contributed by atoms with Gasteiger partial charge in [0.2, 0.25) is 0 Å². The lowest BCUT2D eigenvalue weighted by Gasteiger charge is -2.41. The van der Waals surface area contributed by atoms with Crippen molar-refractivity contribution in [3.63, 3.8) is 0 Å². The van der Waals surface area contributed by atoms with Crippen LogP contribution in [0.2, 0.25) is 0 Å². The fourth-order valence-corrected chi connectivity index (χ4v) is 4.67. The third kappa shape index (κ3) is 3.60. The molecule has 1 fully saturated rings. The molecule has 0 aliphatic heterocycles. The number of non-ortho nitro benzene ring substituents is 1. The number of rotatable bonds is 4. The summed E-state index contributed by atoms with van der Waals surface area (Å²) in [5.41, 5.74) is 1.71. The summed E-state index contributed by atoms with van der Waals surface area (Å²) in [5, 5.41) is 10.7. The summed E-state index contributed by atoms with van der Waals surface area (Å²) in [6.07, 6.45) is 6.15. The van der Waals surface area contributed by atoms with Gasteiger partial charge in [-0.2, -0.15) is 0 Å². The molecule has 1 aliphatic carbocycles. The first-order valence-electron chi connectivity index (χ1n) is 7.27. The van der Waals surface area contributed by atoms with E-state index in [0.29, 0.717) is 16.2 Å². The molecule has 4 heteroatoms. The van der Waals surface area contributed by atoms with Crippen LogP contribution in [0.5, 0.6) is 0 Å². The molecule has 1 aromatic rings. The Balaban J connectivity index is 2.03. The molecule has 1 aliphatic rings. The van der Waals surface area contributed by atoms with E-state index in [1.807, 2.05) is 12.1 Å². The lowest BCUT2D eigenvalue weighted by atomic mass is 9.67. The zero-order valence-electron chi connectivity index (χ0n) is 12.1. The van der Waals surface area contributed by atoms with Gasteiger partial charge in [0.15, 0.2) is 0 Å². The van der Waals surface area contributed by atoms with E-state index in [-0.39, 0.29) is 10.6 Å². The maximum Gasteiger partial charge on any atom is 0.269 e. The number of benzene rings is 1. The van der Waals surface area contributed by atoms with Crippen molar-refractivity contribution in [1.29, 1.82) is 0 Å². The van der Waals surface area contributed by atoms with Crippen LogP contribution in [-0.4, -0.2) is 9.75 Å². The summed E-state index contributed by atoms with van der Waals surface area (Å²) in [6, 6.07) is 6.95. The van der Waals surface area contributed by atoms with Crippen LogP contribution in [-0.2, 0) is 6.42 Å². The van der Waals surface area contributed by atoms with Crippen LogP contribution in [0, 0.1) is 21.4 Å². The van der Waals surface area contributed by atoms with Crippen LogP contribution < -0.4 is 0 Å². The molecular weight excluding hydrogens is 318 g/mol. The Morgan fingerprint density at radius 2 is 2.00 bits per heavy atom. The number of nitro groups is 1. The fraction of sp³-hybridized carbons (Fsp3) is 0.625. The molecule has 2 rings (SSSR count). The molecule has 0 saturated heterocycles. The van der Waals surface area contributed by atoms with E-state index < -0.39 is 0 Å². The largest absolute Gasteiger partial charge is 0.269 e. The first kappa shape index (κ1) is 15.5. The van der Waals surface area contributed by atoms with Crippen LogP contribution in [0.3, 0.4) is 0 Å². The van der Waals surface area contributed by atoms with Crippen molar-refractivity contribution in [3.05, 3.63) is 39.9 Å². The Morgan fingerprint density at radius 1 is 1.35 bits per heavy atom. The van der Waals surface area contributed by atoms with E-state index in [2.05, 4.69) is 29.8 Å². The average molecular weight is 340 g/mol. The molecule has 2 atom stereocenters. The Bertz CT molecular complexity index is 470. The smallest absolute Gasteiger partial charge is 0.258 e. The van der Waals surface area contributed by atoms with E-state index in [1.165, 1.54) is 31.2 Å². The summed E-state index contributed by atoms with van der Waals surface area (Å²) < 4.78 is 0. The van der Waals surface area contributed by atoms with Gasteiger partial charge in [-0.1, -0.05) is 54.8 Å². The molecular formula is C16H22BrNO2. The normalized spacial score (nSPS) is 23.2. The maximum atomic E-state index is 10.7. The highest BCUT2D eigenvalue weighted by Gasteiger charge is 2.36. The minimum atomic E-state index is -0.348. The fourth-order valence-electron chi connectivity index (χ4n) is 3.31. The third-order valence-corrected chi connectivity index (χ3v) is 5.57. The van der Waals surface area contributed by atoms with Gasteiger partial charge in [0, 0.05) is 17.0 Å². The summed E-state index contributed by atoms with van der Waals surface area (Å²) >= 11 is 3.87. The third-order valence-electron chi connectivity index (χ3n) is 4.60. The summed E-state index contributed by atoms with van der Waals surface area (Å²) in [4.78, 5) is 10.8. The van der Waals surface area contributed by atoms with Gasteiger partial charge in [-0.25, -0.2) is 0 Å². The van der Waals surface area contributed by atoms with E-state index in [1.54, 1.807) is 12.1 Å². The molecule has 1 aromatic carbocycles. The average Bonchev–Trinajstić information content (AvgIpc) is 2.38. The van der Waals surface area contributed by atoms with Gasteiger partial charge in [0.25, 0.3) is 5.69 Å². The molecule has 0 radical (unpaired) electrons. The van der Waals surface area contributed by atoms with E-state index in [4.69, 9.17) is 0 Å². The number of nitro benzene ring substituents is 1. The van der Waals surface area contributed by atoms with Crippen LogP contribution in [0.1, 0.15) is 45.1 Å². The molecule has 0 amide bonds. The predicted molar refractivity (Wildman–Crippen MR) is 85.3 cm³/mol. The van der Waals surface area contributed by atoms with Crippen LogP contribution in [0.15, 0.2) is 24.3 Å². The molecule has 0 N–H and O–H groups in total. The highest BCUT2D eigenvalue weighted by atomic mass is 79.9. The summed E-state index contributed by atoms with van der Waals surface area (Å²) in [7, 11) is 0. The van der Waals surface area contributed by atoms with Crippen molar-refractivity contribution in [1.82, 2.24) is 0 Å². The number of halogens is 1. The Hall–Kier alpha value is -0.900. The molecule has 20 heavy (non-hydrogen) atoms. The zero-order valence-corrected chi connectivity index (χ0v) is 13.7. The van der Waals surface area contributed by atoms with Crippen LogP contribution >= 0.6 is 15.9 Å². The monoisotopic (exact) mass is 339 g/mol. The van der Waals surface area contributed by atoms with E-state index >= 15 is 0 Å². The molecule has 1 saturated carbocycles. The minimum absolute atomic E-state index is 0.165. The van der Waals surface area contributed by atoms with Crippen molar-refractivity contribution in [2.75, 3.05) is 0 Å². The van der Waals surface area contributed by atoms with E-state index in [9.17, 15) is 10.1 Å². The SMILES string of the molecule is CC1(C)CCCCC1C(Br)Cc1ccc([N+](=O)[O-])cc1. The second-order valence-corrected chi connectivity index (χ2v) is 7.66. The van der Waals surface area contributed by atoms with Crippen molar-refractivity contribution >= 4 is 21.6 Å². The molecule has 0 heterocycles. The zero-order chi connectivity index (χ0) is 14.8. The predicted octanol–water partition coefficient (Wildman–Crippen LogP) is 5.12. The maximum absolute atomic E-state index is 10.7. The number of nitrogens with zero attached hydrogens (tertiary/aromatic N) is 1. The highest BCUT2D eigenvalue weighted by Crippen LogP contribution is 2.45. The second kappa shape index (κ2) is 6.25. The van der Waals surface area contributed by atoms with E-state index in [0.717, 1.165) is 6.42 Å². The summed E-state index contributed by atoms with van der Waals surface area (Å²) in [5.74, 6) is 0.673. The Kier molecular flexibility index (Phi) is 4.84. The first-order valence-corrected chi connectivity index (χ1v) is 8.19. The van der Waals surface area contributed by atoms with Crippen molar-refractivity contribution in [3.8, 4) is 0 Å².